The lowest BCUT2D eigenvalue weighted by Gasteiger charge is -2.15. The average molecular weight is 336 g/mol. The summed E-state index contributed by atoms with van der Waals surface area (Å²) in [6, 6.07) is 6.83. The van der Waals surface area contributed by atoms with Crippen LogP contribution in [-0.4, -0.2) is 26.8 Å². The monoisotopic (exact) mass is 335 g/mol. The van der Waals surface area contributed by atoms with Gasteiger partial charge in [-0.25, -0.2) is 4.79 Å². The van der Waals surface area contributed by atoms with E-state index in [1.54, 1.807) is 37.4 Å². The van der Waals surface area contributed by atoms with E-state index in [0.717, 1.165) is 5.69 Å². The van der Waals surface area contributed by atoms with E-state index in [0.29, 0.717) is 16.3 Å². The van der Waals surface area contributed by atoms with E-state index in [1.807, 2.05) is 13.8 Å². The van der Waals surface area contributed by atoms with Crippen LogP contribution in [0.2, 0.25) is 5.02 Å². The van der Waals surface area contributed by atoms with Crippen molar-refractivity contribution in [1.29, 1.82) is 0 Å². The number of halogens is 1. The Morgan fingerprint density at radius 3 is 2.35 bits per heavy atom. The summed E-state index contributed by atoms with van der Waals surface area (Å²) in [5, 5.41) is 16.7. The topological polar surface area (TPSA) is 84.2 Å². The molecule has 1 aromatic carbocycles. The zero-order chi connectivity index (χ0) is 17.1. The van der Waals surface area contributed by atoms with Crippen molar-refractivity contribution in [3.63, 3.8) is 0 Å². The number of carbonyl (C=O) groups is 2. The molecular formula is C16H18ClN3O3. The van der Waals surface area contributed by atoms with Gasteiger partial charge in [0.05, 0.1) is 5.69 Å². The third-order valence-corrected chi connectivity index (χ3v) is 3.70. The highest BCUT2D eigenvalue weighted by atomic mass is 35.5. The van der Waals surface area contributed by atoms with Crippen molar-refractivity contribution >= 4 is 23.5 Å². The lowest BCUT2D eigenvalue weighted by molar-refractivity contribution is -0.139. The van der Waals surface area contributed by atoms with E-state index in [4.69, 9.17) is 11.6 Å². The highest BCUT2D eigenvalue weighted by Crippen LogP contribution is 2.19. The number of hydrogen-bond donors (Lipinski definition) is 2. The van der Waals surface area contributed by atoms with Crippen molar-refractivity contribution in [2.45, 2.75) is 25.8 Å². The normalized spacial score (nSPS) is 12.2. The van der Waals surface area contributed by atoms with Gasteiger partial charge in [0.2, 0.25) is 0 Å². The van der Waals surface area contributed by atoms with E-state index >= 15 is 0 Å². The van der Waals surface area contributed by atoms with Crippen LogP contribution in [0.5, 0.6) is 0 Å². The average Bonchev–Trinajstić information content (AvgIpc) is 2.88. The molecule has 1 unspecified atom stereocenters. The van der Waals surface area contributed by atoms with Crippen LogP contribution in [0.25, 0.3) is 0 Å². The van der Waals surface area contributed by atoms with Crippen molar-refractivity contribution in [2.24, 2.45) is 7.05 Å². The summed E-state index contributed by atoms with van der Waals surface area (Å²) >= 11 is 5.80. The minimum Gasteiger partial charge on any atom is -0.479 e. The van der Waals surface area contributed by atoms with E-state index in [9.17, 15) is 14.7 Å². The number of nitrogens with zero attached hydrogens (tertiary/aromatic N) is 2. The molecule has 0 radical (unpaired) electrons. The highest BCUT2D eigenvalue weighted by Gasteiger charge is 2.24. The summed E-state index contributed by atoms with van der Waals surface area (Å²) in [6.07, 6.45) is 0. The maximum atomic E-state index is 12.4. The highest BCUT2D eigenvalue weighted by molar-refractivity contribution is 6.30. The Bertz CT molecular complexity index is 723. The molecule has 0 aliphatic rings. The summed E-state index contributed by atoms with van der Waals surface area (Å²) in [5.74, 6) is -1.46. The van der Waals surface area contributed by atoms with Crippen LogP contribution >= 0.6 is 11.6 Å². The minimum absolute atomic E-state index is 0.175. The smallest absolute Gasteiger partial charge is 0.330 e. The Balaban J connectivity index is 2.25. The standard InChI is InChI=1S/C16H18ClN3O3/c1-9(2)12-8-13(20(3)19-12)15(21)18-14(16(22)23)10-4-6-11(17)7-5-10/h4-9,14H,1-3H3,(H,18,21)(H,22,23). The lowest BCUT2D eigenvalue weighted by Crippen LogP contribution is -2.34. The molecule has 23 heavy (non-hydrogen) atoms. The summed E-state index contributed by atoms with van der Waals surface area (Å²) in [6.45, 7) is 3.94. The first kappa shape index (κ1) is 17.0. The van der Waals surface area contributed by atoms with Gasteiger partial charge in [-0.1, -0.05) is 37.6 Å². The summed E-state index contributed by atoms with van der Waals surface area (Å²) in [4.78, 5) is 23.9. The molecule has 0 saturated carbocycles. The molecule has 2 N–H and O–H groups in total. The van der Waals surface area contributed by atoms with Crippen molar-refractivity contribution < 1.29 is 14.7 Å². The molecule has 1 heterocycles. The van der Waals surface area contributed by atoms with Crippen LogP contribution in [0.1, 0.15) is 47.6 Å². The number of benzene rings is 1. The number of rotatable bonds is 5. The van der Waals surface area contributed by atoms with Gasteiger partial charge in [0.15, 0.2) is 6.04 Å². The largest absolute Gasteiger partial charge is 0.479 e. The Hall–Kier alpha value is -2.34. The quantitative estimate of drug-likeness (QED) is 0.880. The minimum atomic E-state index is -1.16. The number of amides is 1. The second kappa shape index (κ2) is 6.83. The van der Waals surface area contributed by atoms with Crippen LogP contribution in [0.3, 0.4) is 0 Å². The molecular weight excluding hydrogens is 318 g/mol. The van der Waals surface area contributed by atoms with Crippen molar-refractivity contribution in [3.8, 4) is 0 Å². The van der Waals surface area contributed by atoms with E-state index in [2.05, 4.69) is 10.4 Å². The lowest BCUT2D eigenvalue weighted by atomic mass is 10.1. The fraction of sp³-hybridized carbons (Fsp3) is 0.312. The first-order valence-electron chi connectivity index (χ1n) is 7.12. The fourth-order valence-electron chi connectivity index (χ4n) is 2.13. The molecule has 2 rings (SSSR count). The molecule has 0 aliphatic carbocycles. The van der Waals surface area contributed by atoms with E-state index in [1.165, 1.54) is 4.68 Å². The van der Waals surface area contributed by atoms with Gasteiger partial charge in [-0.2, -0.15) is 5.10 Å². The molecule has 7 heteroatoms. The Labute approximate surface area is 139 Å². The second-order valence-electron chi connectivity index (χ2n) is 5.53. The molecule has 1 aromatic heterocycles. The molecule has 0 spiro atoms. The molecule has 0 saturated heterocycles. The van der Waals surface area contributed by atoms with Crippen LogP contribution in [0.4, 0.5) is 0 Å². The molecule has 6 nitrogen and oxygen atoms in total. The Kier molecular flexibility index (Phi) is 5.05. The van der Waals surface area contributed by atoms with Gasteiger partial charge in [-0.05, 0) is 29.7 Å². The van der Waals surface area contributed by atoms with Crippen LogP contribution < -0.4 is 5.32 Å². The van der Waals surface area contributed by atoms with Crippen LogP contribution in [0.15, 0.2) is 30.3 Å². The molecule has 1 atom stereocenters. The van der Waals surface area contributed by atoms with Gasteiger partial charge in [0, 0.05) is 12.1 Å². The fourth-order valence-corrected chi connectivity index (χ4v) is 2.26. The van der Waals surface area contributed by atoms with Gasteiger partial charge in [0.25, 0.3) is 5.91 Å². The number of nitrogens with one attached hydrogen (secondary N) is 1. The Morgan fingerprint density at radius 2 is 1.87 bits per heavy atom. The number of hydrogen-bond acceptors (Lipinski definition) is 3. The van der Waals surface area contributed by atoms with Crippen molar-refractivity contribution in [2.75, 3.05) is 0 Å². The van der Waals surface area contributed by atoms with Crippen molar-refractivity contribution in [1.82, 2.24) is 15.1 Å². The zero-order valence-electron chi connectivity index (χ0n) is 13.1. The summed E-state index contributed by atoms with van der Waals surface area (Å²) in [7, 11) is 1.65. The third kappa shape index (κ3) is 3.90. The first-order chi connectivity index (χ1) is 10.8. The number of aliphatic carboxylic acids is 1. The SMILES string of the molecule is CC(C)c1cc(C(=O)NC(C(=O)O)c2ccc(Cl)cc2)n(C)n1. The molecule has 122 valence electrons. The summed E-state index contributed by atoms with van der Waals surface area (Å²) in [5.41, 5.74) is 1.53. The van der Waals surface area contributed by atoms with Gasteiger partial charge < -0.3 is 10.4 Å². The van der Waals surface area contributed by atoms with Crippen LogP contribution in [0, 0.1) is 0 Å². The van der Waals surface area contributed by atoms with Crippen LogP contribution in [-0.2, 0) is 11.8 Å². The number of carbonyl (C=O) groups excluding carboxylic acids is 1. The van der Waals surface area contributed by atoms with Gasteiger partial charge in [-0.3, -0.25) is 9.48 Å². The predicted octanol–water partition coefficient (Wildman–Crippen LogP) is 2.75. The van der Waals surface area contributed by atoms with Gasteiger partial charge >= 0.3 is 5.97 Å². The van der Waals surface area contributed by atoms with E-state index in [-0.39, 0.29) is 5.92 Å². The summed E-state index contributed by atoms with van der Waals surface area (Å²) < 4.78 is 1.45. The van der Waals surface area contributed by atoms with Gasteiger partial charge in [0.1, 0.15) is 5.69 Å². The third-order valence-electron chi connectivity index (χ3n) is 3.45. The Morgan fingerprint density at radius 1 is 1.26 bits per heavy atom. The van der Waals surface area contributed by atoms with E-state index < -0.39 is 17.9 Å². The molecule has 0 bridgehead atoms. The van der Waals surface area contributed by atoms with Gasteiger partial charge in [-0.15, -0.1) is 0 Å². The number of carboxylic acid groups (broad SMARTS) is 1. The maximum absolute atomic E-state index is 12.4. The molecule has 2 aromatic rings. The second-order valence-corrected chi connectivity index (χ2v) is 5.97. The number of carboxylic acids is 1. The maximum Gasteiger partial charge on any atom is 0.330 e. The predicted molar refractivity (Wildman–Crippen MR) is 86.6 cm³/mol. The number of aromatic nitrogens is 2. The molecule has 0 fully saturated rings. The van der Waals surface area contributed by atoms with Crippen molar-refractivity contribution in [3.05, 3.63) is 52.3 Å². The molecule has 1 amide bonds. The molecule has 0 aliphatic heterocycles. The first-order valence-corrected chi connectivity index (χ1v) is 7.50. The zero-order valence-corrected chi connectivity index (χ0v) is 13.8. The number of aryl methyl sites for hydroxylation is 1.